The first kappa shape index (κ1) is 13.5. The molecule has 0 aliphatic heterocycles. The summed E-state index contributed by atoms with van der Waals surface area (Å²) in [5.41, 5.74) is -5.15. The van der Waals surface area contributed by atoms with Crippen LogP contribution < -0.4 is 0 Å². The first-order valence-electron chi connectivity index (χ1n) is 4.28. The lowest BCUT2D eigenvalue weighted by atomic mass is 10.4. The van der Waals surface area contributed by atoms with Gasteiger partial charge in [0.05, 0.1) is 12.0 Å². The molecule has 0 saturated heterocycles. The lowest BCUT2D eigenvalue weighted by molar-refractivity contribution is -0.0404. The summed E-state index contributed by atoms with van der Waals surface area (Å²) in [5.74, 6) is 0. The molecule has 0 fully saturated rings. The number of carbonyl (C=O) groups is 1. The fourth-order valence-electron chi connectivity index (χ4n) is 0.985. The SMILES string of the molecule is COC(=O)N=S(=O)(c1ccccc1)C(F)(F)F. The van der Waals surface area contributed by atoms with Crippen LogP contribution in [0.15, 0.2) is 39.6 Å². The molecule has 0 heterocycles. The third-order valence-corrected chi connectivity index (χ3v) is 3.70. The maximum atomic E-state index is 12.7. The van der Waals surface area contributed by atoms with Crippen LogP contribution in [0.5, 0.6) is 0 Å². The Labute approximate surface area is 95.6 Å². The number of hydrogen-bond acceptors (Lipinski definition) is 3. The molecule has 0 radical (unpaired) electrons. The number of rotatable bonds is 1. The third kappa shape index (κ3) is 2.76. The highest BCUT2D eigenvalue weighted by atomic mass is 32.2. The number of halogens is 3. The zero-order valence-corrected chi connectivity index (χ0v) is 9.42. The average Bonchev–Trinajstić information content (AvgIpc) is 2.28. The van der Waals surface area contributed by atoms with Crippen LogP contribution in [0.3, 0.4) is 0 Å². The predicted octanol–water partition coefficient (Wildman–Crippen LogP) is 2.80. The van der Waals surface area contributed by atoms with E-state index in [9.17, 15) is 22.2 Å². The van der Waals surface area contributed by atoms with Crippen molar-refractivity contribution in [1.29, 1.82) is 0 Å². The Kier molecular flexibility index (Phi) is 3.76. The number of hydrogen-bond donors (Lipinski definition) is 0. The molecule has 1 rings (SSSR count). The van der Waals surface area contributed by atoms with Gasteiger partial charge in [-0.15, -0.1) is 4.36 Å². The van der Waals surface area contributed by atoms with E-state index in [1.54, 1.807) is 0 Å². The summed E-state index contributed by atoms with van der Waals surface area (Å²) in [4.78, 5) is 10.2. The summed E-state index contributed by atoms with van der Waals surface area (Å²) in [7, 11) is -3.99. The van der Waals surface area contributed by atoms with Crippen molar-refractivity contribution >= 4 is 15.8 Å². The van der Waals surface area contributed by atoms with E-state index < -0.39 is 26.2 Å². The molecule has 17 heavy (non-hydrogen) atoms. The van der Waals surface area contributed by atoms with Gasteiger partial charge in [0.1, 0.15) is 0 Å². The summed E-state index contributed by atoms with van der Waals surface area (Å²) in [6.07, 6.45) is -1.53. The minimum absolute atomic E-state index is 0.585. The summed E-state index contributed by atoms with van der Waals surface area (Å²) in [6.45, 7) is 0. The summed E-state index contributed by atoms with van der Waals surface area (Å²) >= 11 is 0. The highest BCUT2D eigenvalue weighted by Gasteiger charge is 2.45. The number of benzene rings is 1. The van der Waals surface area contributed by atoms with Gasteiger partial charge in [0.25, 0.3) is 0 Å². The third-order valence-electron chi connectivity index (χ3n) is 1.75. The minimum Gasteiger partial charge on any atom is -0.451 e. The summed E-state index contributed by atoms with van der Waals surface area (Å²) in [5, 5.41) is 0. The van der Waals surface area contributed by atoms with Crippen LogP contribution >= 0.6 is 0 Å². The smallest absolute Gasteiger partial charge is 0.451 e. The zero-order valence-electron chi connectivity index (χ0n) is 8.60. The number of nitrogens with zero attached hydrogens (tertiary/aromatic N) is 1. The largest absolute Gasteiger partial charge is 0.484 e. The van der Waals surface area contributed by atoms with Gasteiger partial charge >= 0.3 is 11.6 Å². The molecule has 1 aromatic rings. The van der Waals surface area contributed by atoms with Crippen LogP contribution in [0.4, 0.5) is 18.0 Å². The van der Waals surface area contributed by atoms with Gasteiger partial charge in [0, 0.05) is 0 Å². The summed E-state index contributed by atoms with van der Waals surface area (Å²) < 4.78 is 56.5. The van der Waals surface area contributed by atoms with Crippen LogP contribution in [-0.2, 0) is 14.5 Å². The molecule has 1 unspecified atom stereocenters. The number of amides is 1. The Morgan fingerprint density at radius 1 is 1.29 bits per heavy atom. The van der Waals surface area contributed by atoms with Crippen molar-refractivity contribution in [3.8, 4) is 0 Å². The van der Waals surface area contributed by atoms with Gasteiger partial charge in [-0.2, -0.15) is 13.2 Å². The van der Waals surface area contributed by atoms with Gasteiger partial charge in [-0.05, 0) is 12.1 Å². The van der Waals surface area contributed by atoms with E-state index in [-0.39, 0.29) is 0 Å². The van der Waals surface area contributed by atoms with Gasteiger partial charge in [-0.3, -0.25) is 0 Å². The maximum Gasteiger partial charge on any atom is 0.484 e. The number of carbonyl (C=O) groups excluding carboxylic acids is 1. The van der Waals surface area contributed by atoms with E-state index in [0.717, 1.165) is 19.2 Å². The highest BCUT2D eigenvalue weighted by Crippen LogP contribution is 2.32. The molecule has 0 saturated carbocycles. The monoisotopic (exact) mass is 267 g/mol. The van der Waals surface area contributed by atoms with Crippen molar-refractivity contribution in [1.82, 2.24) is 0 Å². The molecule has 1 atom stereocenters. The molecule has 0 N–H and O–H groups in total. The highest BCUT2D eigenvalue weighted by molar-refractivity contribution is 7.94. The molecular formula is C9H8F3NO3S. The molecule has 1 aromatic carbocycles. The molecule has 0 aromatic heterocycles. The normalized spacial score (nSPS) is 14.8. The van der Waals surface area contributed by atoms with Gasteiger partial charge in [0.2, 0.25) is 0 Å². The molecule has 94 valence electrons. The molecule has 0 aliphatic rings. The Hall–Kier alpha value is -1.57. The summed E-state index contributed by atoms with van der Waals surface area (Å²) in [6, 6.07) is 5.98. The quantitative estimate of drug-likeness (QED) is 0.786. The van der Waals surface area contributed by atoms with E-state index >= 15 is 0 Å². The topological polar surface area (TPSA) is 55.7 Å². The van der Waals surface area contributed by atoms with Crippen molar-refractivity contribution in [2.24, 2.45) is 4.36 Å². The van der Waals surface area contributed by atoms with Crippen molar-refractivity contribution in [3.05, 3.63) is 30.3 Å². The molecule has 0 spiro atoms. The van der Waals surface area contributed by atoms with E-state index in [1.807, 2.05) is 0 Å². The van der Waals surface area contributed by atoms with Crippen LogP contribution in [0.2, 0.25) is 0 Å². The Bertz CT molecular complexity index is 518. The first-order chi connectivity index (χ1) is 7.81. The zero-order chi connectivity index (χ0) is 13.1. The standard InChI is InChI=1S/C9H8F3NO3S/c1-16-8(14)13-17(15,9(10,11)12)7-5-3-2-4-6-7/h2-6H,1H3. The number of alkyl halides is 3. The Balaban J connectivity index is 3.48. The number of methoxy groups -OCH3 is 1. The van der Waals surface area contributed by atoms with Gasteiger partial charge in [-0.1, -0.05) is 18.2 Å². The molecule has 0 bridgehead atoms. The van der Waals surface area contributed by atoms with E-state index in [1.165, 1.54) is 18.2 Å². The van der Waals surface area contributed by atoms with Gasteiger partial charge in [0.15, 0.2) is 9.73 Å². The van der Waals surface area contributed by atoms with Crippen LogP contribution in [0.1, 0.15) is 0 Å². The Morgan fingerprint density at radius 2 is 1.82 bits per heavy atom. The number of ether oxygens (including phenoxy) is 1. The van der Waals surface area contributed by atoms with Gasteiger partial charge < -0.3 is 4.74 Å². The van der Waals surface area contributed by atoms with Crippen molar-refractivity contribution in [3.63, 3.8) is 0 Å². The van der Waals surface area contributed by atoms with Crippen molar-refractivity contribution in [2.45, 2.75) is 10.4 Å². The second kappa shape index (κ2) is 4.74. The maximum absolute atomic E-state index is 12.7. The molecule has 1 amide bonds. The molecule has 4 nitrogen and oxygen atoms in total. The fourth-order valence-corrected chi connectivity index (χ4v) is 2.27. The Morgan fingerprint density at radius 3 is 2.24 bits per heavy atom. The predicted molar refractivity (Wildman–Crippen MR) is 53.7 cm³/mol. The minimum atomic E-state index is -5.15. The van der Waals surface area contributed by atoms with Crippen molar-refractivity contribution < 1.29 is 26.9 Å². The van der Waals surface area contributed by atoms with Crippen LogP contribution in [0, 0.1) is 0 Å². The molecular weight excluding hydrogens is 259 g/mol. The average molecular weight is 267 g/mol. The van der Waals surface area contributed by atoms with E-state index in [4.69, 9.17) is 0 Å². The first-order valence-corrected chi connectivity index (χ1v) is 5.79. The molecule has 0 aliphatic carbocycles. The van der Waals surface area contributed by atoms with Crippen molar-refractivity contribution in [2.75, 3.05) is 7.11 Å². The second-order valence-electron chi connectivity index (χ2n) is 2.85. The van der Waals surface area contributed by atoms with E-state index in [0.29, 0.717) is 0 Å². The van der Waals surface area contributed by atoms with Crippen LogP contribution in [0.25, 0.3) is 0 Å². The lowest BCUT2D eigenvalue weighted by Gasteiger charge is -2.12. The fraction of sp³-hybridized carbons (Fsp3) is 0.222. The second-order valence-corrected chi connectivity index (χ2v) is 5.01. The molecule has 8 heteroatoms. The van der Waals surface area contributed by atoms with Crippen LogP contribution in [-0.4, -0.2) is 22.9 Å². The lowest BCUT2D eigenvalue weighted by Crippen LogP contribution is -2.24. The van der Waals surface area contributed by atoms with E-state index in [2.05, 4.69) is 9.10 Å². The van der Waals surface area contributed by atoms with Gasteiger partial charge in [-0.25, -0.2) is 9.00 Å².